The molecule has 2 aromatic heterocycles. The summed E-state index contributed by atoms with van der Waals surface area (Å²) in [6.45, 7) is 5.52. The van der Waals surface area contributed by atoms with Crippen molar-refractivity contribution in [2.75, 3.05) is 19.5 Å². The highest BCUT2D eigenvalue weighted by Gasteiger charge is 2.23. The lowest BCUT2D eigenvalue weighted by molar-refractivity contribution is 0.0519. The summed E-state index contributed by atoms with van der Waals surface area (Å²) in [5.41, 5.74) is 2.93. The zero-order valence-corrected chi connectivity index (χ0v) is 17.5. The van der Waals surface area contributed by atoms with Crippen molar-refractivity contribution in [2.45, 2.75) is 25.9 Å². The maximum Gasteiger partial charge on any atom is 0.355 e. The van der Waals surface area contributed by atoms with Crippen molar-refractivity contribution < 1.29 is 19.1 Å². The second-order valence-electron chi connectivity index (χ2n) is 6.25. The number of aromatic nitrogens is 4. The van der Waals surface area contributed by atoms with Crippen molar-refractivity contribution in [1.82, 2.24) is 20.2 Å². The molecule has 8 nitrogen and oxygen atoms in total. The molecule has 152 valence electrons. The fraction of sp³-hybridized carbons (Fsp3) is 0.300. The minimum Gasteiger partial charge on any atom is -0.497 e. The number of thioether (sulfide) groups is 1. The van der Waals surface area contributed by atoms with Crippen LogP contribution in [0.15, 0.2) is 29.4 Å². The van der Waals surface area contributed by atoms with Crippen LogP contribution in [0, 0.1) is 13.8 Å². The number of nitrogens with one attached hydrogen (secondary N) is 2. The third-order valence-corrected chi connectivity index (χ3v) is 5.20. The zero-order valence-electron chi connectivity index (χ0n) is 16.7. The van der Waals surface area contributed by atoms with Crippen LogP contribution in [0.2, 0.25) is 0 Å². The first kappa shape index (κ1) is 20.7. The third kappa shape index (κ3) is 4.51. The fourth-order valence-corrected chi connectivity index (χ4v) is 3.64. The number of Topliss-reactive ketones (excluding diaryl/α,β-unsaturated/α-hetero) is 1. The molecule has 0 bridgehead atoms. The van der Waals surface area contributed by atoms with Gasteiger partial charge in [0, 0.05) is 16.8 Å². The third-order valence-electron chi connectivity index (χ3n) is 4.36. The van der Waals surface area contributed by atoms with Crippen LogP contribution in [0.1, 0.15) is 39.0 Å². The molecule has 0 atom stereocenters. The van der Waals surface area contributed by atoms with Gasteiger partial charge in [-0.05, 0) is 50.6 Å². The van der Waals surface area contributed by atoms with Gasteiger partial charge in [0.25, 0.3) is 0 Å². The Morgan fingerprint density at radius 3 is 2.55 bits per heavy atom. The van der Waals surface area contributed by atoms with Crippen molar-refractivity contribution >= 4 is 23.5 Å². The van der Waals surface area contributed by atoms with E-state index in [-0.39, 0.29) is 18.1 Å². The lowest BCUT2D eigenvalue weighted by Gasteiger charge is -2.02. The summed E-state index contributed by atoms with van der Waals surface area (Å²) in [7, 11) is 1.61. The van der Waals surface area contributed by atoms with Crippen LogP contribution in [-0.2, 0) is 4.74 Å². The summed E-state index contributed by atoms with van der Waals surface area (Å²) in [4.78, 5) is 32.1. The average Bonchev–Trinajstić information content (AvgIpc) is 3.31. The quantitative estimate of drug-likeness (QED) is 0.329. The molecule has 2 N–H and O–H groups in total. The number of hydrogen-bond acceptors (Lipinski definition) is 7. The number of benzene rings is 1. The van der Waals surface area contributed by atoms with Gasteiger partial charge < -0.3 is 14.5 Å². The van der Waals surface area contributed by atoms with Crippen LogP contribution in [0.25, 0.3) is 11.4 Å². The molecule has 3 aromatic rings. The largest absolute Gasteiger partial charge is 0.497 e. The number of H-pyrrole nitrogens is 2. The Balaban J connectivity index is 1.68. The Bertz CT molecular complexity index is 1020. The first-order valence-electron chi connectivity index (χ1n) is 9.03. The molecule has 0 amide bonds. The number of hydrogen-bond donors (Lipinski definition) is 2. The van der Waals surface area contributed by atoms with Gasteiger partial charge in [-0.3, -0.25) is 9.89 Å². The van der Waals surface area contributed by atoms with Crippen LogP contribution >= 0.6 is 11.8 Å². The number of carbonyl (C=O) groups is 2. The van der Waals surface area contributed by atoms with Crippen molar-refractivity contribution in [2.24, 2.45) is 0 Å². The maximum atomic E-state index is 12.7. The number of esters is 1. The fourth-order valence-electron chi connectivity index (χ4n) is 2.97. The van der Waals surface area contributed by atoms with Gasteiger partial charge in [-0.15, -0.1) is 5.10 Å². The van der Waals surface area contributed by atoms with Crippen molar-refractivity contribution in [1.29, 1.82) is 0 Å². The normalized spacial score (nSPS) is 10.8. The minimum absolute atomic E-state index is 0.104. The summed E-state index contributed by atoms with van der Waals surface area (Å²) in [5, 5.41) is 7.52. The molecular weight excluding hydrogens is 392 g/mol. The molecule has 1 aromatic carbocycles. The van der Waals surface area contributed by atoms with E-state index in [1.807, 2.05) is 24.3 Å². The Labute approximate surface area is 172 Å². The second-order valence-corrected chi connectivity index (χ2v) is 7.19. The SMILES string of the molecule is CCOC(=O)c1[nH]c(C)c(C(=O)CSc2n[nH]c(-c3ccc(OC)cc3)n2)c1C. The summed E-state index contributed by atoms with van der Waals surface area (Å²) in [6.07, 6.45) is 0. The van der Waals surface area contributed by atoms with E-state index in [4.69, 9.17) is 9.47 Å². The highest BCUT2D eigenvalue weighted by Crippen LogP contribution is 2.24. The maximum absolute atomic E-state index is 12.7. The van der Waals surface area contributed by atoms with E-state index in [2.05, 4.69) is 20.2 Å². The lowest BCUT2D eigenvalue weighted by atomic mass is 10.1. The van der Waals surface area contributed by atoms with E-state index in [9.17, 15) is 9.59 Å². The van der Waals surface area contributed by atoms with E-state index in [0.29, 0.717) is 33.5 Å². The molecule has 2 heterocycles. The van der Waals surface area contributed by atoms with E-state index < -0.39 is 5.97 Å². The number of aromatic amines is 2. The molecule has 0 saturated carbocycles. The van der Waals surface area contributed by atoms with E-state index >= 15 is 0 Å². The number of rotatable bonds is 8. The zero-order chi connectivity index (χ0) is 21.0. The topological polar surface area (TPSA) is 110 Å². The monoisotopic (exact) mass is 414 g/mol. The molecule has 9 heteroatoms. The van der Waals surface area contributed by atoms with Gasteiger partial charge in [-0.1, -0.05) is 11.8 Å². The number of methoxy groups -OCH3 is 1. The van der Waals surface area contributed by atoms with Crippen LogP contribution in [0.3, 0.4) is 0 Å². The summed E-state index contributed by atoms with van der Waals surface area (Å²) >= 11 is 1.23. The molecule has 29 heavy (non-hydrogen) atoms. The first-order chi connectivity index (χ1) is 13.9. The van der Waals surface area contributed by atoms with Crippen LogP contribution in [0.4, 0.5) is 0 Å². The number of aryl methyl sites for hydroxylation is 1. The van der Waals surface area contributed by atoms with Crippen LogP contribution in [-0.4, -0.2) is 51.4 Å². The first-order valence-corrected chi connectivity index (χ1v) is 10.0. The highest BCUT2D eigenvalue weighted by atomic mass is 32.2. The van der Waals surface area contributed by atoms with E-state index in [1.165, 1.54) is 11.8 Å². The van der Waals surface area contributed by atoms with Gasteiger partial charge in [0.2, 0.25) is 5.16 Å². The summed E-state index contributed by atoms with van der Waals surface area (Å²) in [6, 6.07) is 7.43. The van der Waals surface area contributed by atoms with Crippen molar-refractivity contribution in [3.8, 4) is 17.1 Å². The number of nitrogens with zero attached hydrogens (tertiary/aromatic N) is 2. The smallest absolute Gasteiger partial charge is 0.355 e. The van der Waals surface area contributed by atoms with Gasteiger partial charge in [0.05, 0.1) is 19.5 Å². The molecule has 0 radical (unpaired) electrons. The molecule has 0 fully saturated rings. The van der Waals surface area contributed by atoms with Crippen molar-refractivity contribution in [3.05, 3.63) is 46.8 Å². The van der Waals surface area contributed by atoms with Gasteiger partial charge in [0.15, 0.2) is 11.6 Å². The van der Waals surface area contributed by atoms with Crippen LogP contribution < -0.4 is 4.74 Å². The Morgan fingerprint density at radius 2 is 1.90 bits per heavy atom. The summed E-state index contributed by atoms with van der Waals surface area (Å²) in [5.74, 6) is 0.960. The number of ketones is 1. The molecule has 0 spiro atoms. The minimum atomic E-state index is -0.460. The Hall–Kier alpha value is -3.07. The standard InChI is InChI=1S/C20H22N4O4S/c1-5-28-19(26)17-11(2)16(12(3)21-17)15(25)10-29-20-22-18(23-24-20)13-6-8-14(27-4)9-7-13/h6-9,21H,5,10H2,1-4H3,(H,22,23,24). The summed E-state index contributed by atoms with van der Waals surface area (Å²) < 4.78 is 10.2. The van der Waals surface area contributed by atoms with E-state index in [1.54, 1.807) is 27.9 Å². The van der Waals surface area contributed by atoms with Crippen molar-refractivity contribution in [3.63, 3.8) is 0 Å². The highest BCUT2D eigenvalue weighted by molar-refractivity contribution is 7.99. The Morgan fingerprint density at radius 1 is 1.17 bits per heavy atom. The molecule has 0 aliphatic rings. The molecular formula is C20H22N4O4S. The number of ether oxygens (including phenoxy) is 2. The molecule has 0 unspecified atom stereocenters. The van der Waals surface area contributed by atoms with Gasteiger partial charge in [0.1, 0.15) is 11.4 Å². The molecule has 0 saturated heterocycles. The molecule has 3 rings (SSSR count). The number of carbonyl (C=O) groups excluding carboxylic acids is 2. The lowest BCUT2D eigenvalue weighted by Crippen LogP contribution is -2.08. The molecule has 0 aliphatic heterocycles. The van der Waals surface area contributed by atoms with Crippen LogP contribution in [0.5, 0.6) is 5.75 Å². The van der Waals surface area contributed by atoms with Gasteiger partial charge in [-0.2, -0.15) is 0 Å². The predicted molar refractivity (Wildman–Crippen MR) is 110 cm³/mol. The van der Waals surface area contributed by atoms with E-state index in [0.717, 1.165) is 11.3 Å². The Kier molecular flexibility index (Phi) is 6.38. The molecule has 0 aliphatic carbocycles. The van der Waals surface area contributed by atoms with Gasteiger partial charge >= 0.3 is 5.97 Å². The van der Waals surface area contributed by atoms with Gasteiger partial charge in [-0.25, -0.2) is 9.78 Å². The predicted octanol–water partition coefficient (Wildman–Crippen LogP) is 3.58. The average molecular weight is 414 g/mol. The second kappa shape index (κ2) is 8.95.